The molecule has 2 N–H and O–H groups in total. The van der Waals surface area contributed by atoms with Crippen LogP contribution < -0.4 is 10.6 Å². The Kier molecular flexibility index (Phi) is 4.03. The van der Waals surface area contributed by atoms with Gasteiger partial charge in [0.2, 0.25) is 18.2 Å². The highest BCUT2D eigenvalue weighted by atomic mass is 16.4. The molecule has 0 aliphatic heterocycles. The van der Waals surface area contributed by atoms with E-state index in [0.717, 1.165) is 17.8 Å². The summed E-state index contributed by atoms with van der Waals surface area (Å²) in [5.74, 6) is 0.392. The summed E-state index contributed by atoms with van der Waals surface area (Å²) in [6, 6.07) is 7.22. The van der Waals surface area contributed by atoms with Crippen LogP contribution in [0.2, 0.25) is 0 Å². The van der Waals surface area contributed by atoms with Gasteiger partial charge in [0.05, 0.1) is 6.54 Å². The summed E-state index contributed by atoms with van der Waals surface area (Å²) in [5, 5.41) is 13.1. The Bertz CT molecular complexity index is 493. The Morgan fingerprint density at radius 3 is 2.72 bits per heavy atom. The lowest BCUT2D eigenvalue weighted by atomic mass is 10.2. The highest BCUT2D eigenvalue weighted by molar-refractivity contribution is 5.92. The number of hydrogen-bond acceptors (Lipinski definition) is 5. The number of nitrogens with one attached hydrogen (secondary N) is 2. The maximum atomic E-state index is 11.5. The largest absolute Gasteiger partial charge is 0.423 e. The van der Waals surface area contributed by atoms with Gasteiger partial charge in [0.1, 0.15) is 0 Å². The van der Waals surface area contributed by atoms with E-state index in [1.807, 2.05) is 19.1 Å². The van der Waals surface area contributed by atoms with E-state index in [-0.39, 0.29) is 5.91 Å². The summed E-state index contributed by atoms with van der Waals surface area (Å²) in [7, 11) is 0. The van der Waals surface area contributed by atoms with Crippen LogP contribution in [0.4, 0.5) is 5.69 Å². The van der Waals surface area contributed by atoms with Crippen molar-refractivity contribution in [3.63, 3.8) is 0 Å². The van der Waals surface area contributed by atoms with Crippen LogP contribution in [-0.2, 0) is 4.79 Å². The lowest BCUT2D eigenvalue weighted by Crippen LogP contribution is -2.27. The van der Waals surface area contributed by atoms with Gasteiger partial charge in [-0.25, -0.2) is 0 Å². The van der Waals surface area contributed by atoms with E-state index in [1.165, 1.54) is 6.39 Å². The van der Waals surface area contributed by atoms with Crippen molar-refractivity contribution in [1.29, 1.82) is 0 Å². The van der Waals surface area contributed by atoms with Crippen molar-refractivity contribution in [3.05, 3.63) is 30.7 Å². The number of amides is 1. The fourth-order valence-corrected chi connectivity index (χ4v) is 1.44. The number of carbonyl (C=O) groups excluding carboxylic acids is 1. The molecule has 0 aliphatic carbocycles. The normalized spacial score (nSPS) is 10.3. The zero-order chi connectivity index (χ0) is 12.8. The minimum absolute atomic E-state index is 0.0672. The summed E-state index contributed by atoms with van der Waals surface area (Å²) in [6.45, 7) is 3.03. The van der Waals surface area contributed by atoms with Crippen LogP contribution in [0.1, 0.15) is 6.92 Å². The van der Waals surface area contributed by atoms with E-state index in [0.29, 0.717) is 12.4 Å². The van der Waals surface area contributed by atoms with Crippen molar-refractivity contribution >= 4 is 11.6 Å². The molecule has 1 heterocycles. The predicted molar refractivity (Wildman–Crippen MR) is 66.9 cm³/mol. The first kappa shape index (κ1) is 12.3. The number of carbonyl (C=O) groups is 1. The number of rotatable bonds is 5. The highest BCUT2D eigenvalue weighted by Gasteiger charge is 2.04. The molecule has 6 heteroatoms. The highest BCUT2D eigenvalue weighted by Crippen LogP contribution is 2.18. The van der Waals surface area contributed by atoms with E-state index in [1.54, 1.807) is 12.1 Å². The molecule has 2 aromatic rings. The summed E-state index contributed by atoms with van der Waals surface area (Å²) in [6.07, 6.45) is 1.28. The van der Waals surface area contributed by atoms with Crippen LogP contribution in [0.5, 0.6) is 0 Å². The zero-order valence-corrected chi connectivity index (χ0v) is 10.0. The van der Waals surface area contributed by atoms with Crippen molar-refractivity contribution in [2.45, 2.75) is 6.92 Å². The molecule has 0 radical (unpaired) electrons. The van der Waals surface area contributed by atoms with Gasteiger partial charge in [0.25, 0.3) is 0 Å². The average molecular weight is 246 g/mol. The molecule has 6 nitrogen and oxygen atoms in total. The molecule has 0 saturated heterocycles. The van der Waals surface area contributed by atoms with Crippen LogP contribution in [-0.4, -0.2) is 29.2 Å². The van der Waals surface area contributed by atoms with Crippen molar-refractivity contribution in [3.8, 4) is 11.5 Å². The van der Waals surface area contributed by atoms with Gasteiger partial charge in [-0.3, -0.25) is 4.79 Å². The fourth-order valence-electron chi connectivity index (χ4n) is 1.44. The first-order valence-electron chi connectivity index (χ1n) is 5.66. The molecule has 0 atom stereocenters. The van der Waals surface area contributed by atoms with E-state index in [4.69, 9.17) is 4.42 Å². The summed E-state index contributed by atoms with van der Waals surface area (Å²) in [4.78, 5) is 11.5. The monoisotopic (exact) mass is 246 g/mol. The summed E-state index contributed by atoms with van der Waals surface area (Å²) < 4.78 is 5.07. The summed E-state index contributed by atoms with van der Waals surface area (Å²) in [5.41, 5.74) is 1.55. The molecule has 0 bridgehead atoms. The lowest BCUT2D eigenvalue weighted by Gasteiger charge is -2.05. The van der Waals surface area contributed by atoms with Gasteiger partial charge in [-0.2, -0.15) is 0 Å². The van der Waals surface area contributed by atoms with Crippen molar-refractivity contribution in [2.75, 3.05) is 18.4 Å². The number of benzene rings is 1. The summed E-state index contributed by atoms with van der Waals surface area (Å²) >= 11 is 0. The Hall–Kier alpha value is -2.21. The van der Waals surface area contributed by atoms with Gasteiger partial charge in [-0.1, -0.05) is 6.92 Å². The molecule has 18 heavy (non-hydrogen) atoms. The molecule has 1 aromatic carbocycles. The second-order valence-corrected chi connectivity index (χ2v) is 3.65. The maximum Gasteiger partial charge on any atom is 0.247 e. The minimum Gasteiger partial charge on any atom is -0.423 e. The van der Waals surface area contributed by atoms with Crippen LogP contribution in [0.15, 0.2) is 35.1 Å². The Morgan fingerprint density at radius 2 is 2.11 bits per heavy atom. The van der Waals surface area contributed by atoms with E-state index >= 15 is 0 Å². The molecule has 0 spiro atoms. The predicted octanol–water partition coefficient (Wildman–Crippen LogP) is 1.28. The molecule has 1 aromatic heterocycles. The number of aromatic nitrogens is 2. The quantitative estimate of drug-likeness (QED) is 0.830. The molecule has 2 rings (SSSR count). The molecule has 1 amide bonds. The van der Waals surface area contributed by atoms with Crippen LogP contribution in [0.3, 0.4) is 0 Å². The van der Waals surface area contributed by atoms with Crippen LogP contribution in [0.25, 0.3) is 11.5 Å². The lowest BCUT2D eigenvalue weighted by molar-refractivity contribution is -0.115. The number of nitrogens with zero attached hydrogens (tertiary/aromatic N) is 2. The molecular weight excluding hydrogens is 232 g/mol. The van der Waals surface area contributed by atoms with E-state index < -0.39 is 0 Å². The average Bonchev–Trinajstić information content (AvgIpc) is 2.91. The molecule has 0 saturated carbocycles. The third-order valence-corrected chi connectivity index (χ3v) is 2.31. The van der Waals surface area contributed by atoms with Gasteiger partial charge in [-0.15, -0.1) is 10.2 Å². The van der Waals surface area contributed by atoms with Crippen LogP contribution >= 0.6 is 0 Å². The van der Waals surface area contributed by atoms with Gasteiger partial charge < -0.3 is 15.1 Å². The van der Waals surface area contributed by atoms with Crippen molar-refractivity contribution < 1.29 is 9.21 Å². The molecular formula is C12H14N4O2. The van der Waals surface area contributed by atoms with E-state index in [9.17, 15) is 4.79 Å². The van der Waals surface area contributed by atoms with Gasteiger partial charge >= 0.3 is 0 Å². The maximum absolute atomic E-state index is 11.5. The topological polar surface area (TPSA) is 80.0 Å². The fraction of sp³-hybridized carbons (Fsp3) is 0.250. The standard InChI is InChI=1S/C12H14N4O2/c1-2-13-7-11(17)15-10-5-3-9(4-6-10)12-16-14-8-18-12/h3-6,8,13H,2,7H2,1H3,(H,15,17). The first-order valence-corrected chi connectivity index (χ1v) is 5.66. The van der Waals surface area contributed by atoms with Crippen molar-refractivity contribution in [2.24, 2.45) is 0 Å². The number of likely N-dealkylation sites (N-methyl/N-ethyl adjacent to an activating group) is 1. The Balaban J connectivity index is 1.98. The second kappa shape index (κ2) is 5.92. The van der Waals surface area contributed by atoms with Crippen molar-refractivity contribution in [1.82, 2.24) is 15.5 Å². The SMILES string of the molecule is CCNCC(=O)Nc1ccc(-c2nnco2)cc1. The van der Waals surface area contributed by atoms with Crippen LogP contribution in [0, 0.1) is 0 Å². The first-order chi connectivity index (χ1) is 8.79. The van der Waals surface area contributed by atoms with E-state index in [2.05, 4.69) is 20.8 Å². The smallest absolute Gasteiger partial charge is 0.247 e. The third kappa shape index (κ3) is 3.14. The molecule has 0 aliphatic rings. The minimum atomic E-state index is -0.0672. The third-order valence-electron chi connectivity index (χ3n) is 2.31. The Labute approximate surface area is 104 Å². The van der Waals surface area contributed by atoms with Gasteiger partial charge in [0.15, 0.2) is 0 Å². The zero-order valence-electron chi connectivity index (χ0n) is 10.0. The molecule has 0 fully saturated rings. The van der Waals surface area contributed by atoms with Gasteiger partial charge in [0, 0.05) is 11.3 Å². The number of anilines is 1. The molecule has 94 valence electrons. The van der Waals surface area contributed by atoms with Gasteiger partial charge in [-0.05, 0) is 30.8 Å². The Morgan fingerprint density at radius 1 is 1.33 bits per heavy atom. The second-order valence-electron chi connectivity index (χ2n) is 3.65. The molecule has 0 unspecified atom stereocenters. The number of hydrogen-bond donors (Lipinski definition) is 2.